The molecule has 1 aromatic rings. The van der Waals surface area contributed by atoms with Gasteiger partial charge in [0.05, 0.1) is 0 Å². The lowest BCUT2D eigenvalue weighted by Gasteiger charge is -2.40. The number of benzene rings is 1. The van der Waals surface area contributed by atoms with Gasteiger partial charge in [-0.15, -0.1) is 0 Å². The first-order valence-corrected chi connectivity index (χ1v) is 8.39. The van der Waals surface area contributed by atoms with Crippen molar-refractivity contribution in [1.82, 2.24) is 10.2 Å². The standard InChI is InChI=1S/C18H28N2/c1-2-17-14-20(12-6-7-15-10-11-15)18(13-19-17)16-8-4-3-5-9-16/h3-5,8-9,15,17-19H,2,6-7,10-14H2,1H3. The van der Waals surface area contributed by atoms with Gasteiger partial charge in [-0.2, -0.15) is 0 Å². The van der Waals surface area contributed by atoms with E-state index in [4.69, 9.17) is 0 Å². The second-order valence-corrected chi connectivity index (χ2v) is 6.52. The van der Waals surface area contributed by atoms with Gasteiger partial charge in [-0.05, 0) is 37.3 Å². The van der Waals surface area contributed by atoms with Crippen LogP contribution in [0.3, 0.4) is 0 Å². The molecule has 2 unspecified atom stereocenters. The van der Waals surface area contributed by atoms with Crippen LogP contribution in [-0.4, -0.2) is 30.6 Å². The molecule has 1 aliphatic carbocycles. The van der Waals surface area contributed by atoms with E-state index in [0.717, 1.165) is 12.5 Å². The van der Waals surface area contributed by atoms with Crippen molar-refractivity contribution in [2.24, 2.45) is 5.92 Å². The maximum Gasteiger partial charge on any atom is 0.0473 e. The minimum atomic E-state index is 0.568. The first-order chi connectivity index (χ1) is 9.86. The normalized spacial score (nSPS) is 27.6. The molecule has 2 aliphatic rings. The molecule has 1 aromatic carbocycles. The molecule has 110 valence electrons. The van der Waals surface area contributed by atoms with Crippen LogP contribution in [0.1, 0.15) is 50.6 Å². The van der Waals surface area contributed by atoms with E-state index in [9.17, 15) is 0 Å². The molecular weight excluding hydrogens is 244 g/mol. The molecule has 1 saturated heterocycles. The van der Waals surface area contributed by atoms with Gasteiger partial charge < -0.3 is 5.32 Å². The van der Waals surface area contributed by atoms with Crippen molar-refractivity contribution in [2.75, 3.05) is 19.6 Å². The number of piperazine rings is 1. The highest BCUT2D eigenvalue weighted by atomic mass is 15.2. The van der Waals surface area contributed by atoms with Crippen LogP contribution in [0.4, 0.5) is 0 Å². The Balaban J connectivity index is 1.62. The lowest BCUT2D eigenvalue weighted by Crippen LogP contribution is -2.52. The van der Waals surface area contributed by atoms with Crippen LogP contribution in [0.25, 0.3) is 0 Å². The zero-order chi connectivity index (χ0) is 13.8. The van der Waals surface area contributed by atoms with E-state index in [1.807, 2.05) is 0 Å². The van der Waals surface area contributed by atoms with E-state index in [1.54, 1.807) is 0 Å². The summed E-state index contributed by atoms with van der Waals surface area (Å²) in [4.78, 5) is 2.72. The molecule has 2 nitrogen and oxygen atoms in total. The van der Waals surface area contributed by atoms with Crippen LogP contribution >= 0.6 is 0 Å². The molecule has 3 rings (SSSR count). The summed E-state index contributed by atoms with van der Waals surface area (Å²) in [6.45, 7) is 5.88. The molecule has 0 bridgehead atoms. The third kappa shape index (κ3) is 3.62. The zero-order valence-corrected chi connectivity index (χ0v) is 12.7. The number of hydrogen-bond donors (Lipinski definition) is 1. The van der Waals surface area contributed by atoms with Crippen molar-refractivity contribution in [3.8, 4) is 0 Å². The van der Waals surface area contributed by atoms with Crippen LogP contribution < -0.4 is 5.32 Å². The van der Waals surface area contributed by atoms with Crippen LogP contribution in [0.5, 0.6) is 0 Å². The summed E-state index contributed by atoms with van der Waals surface area (Å²) in [5, 5.41) is 3.72. The first kappa shape index (κ1) is 14.1. The largest absolute Gasteiger partial charge is 0.311 e. The van der Waals surface area contributed by atoms with Gasteiger partial charge in [-0.1, -0.05) is 50.1 Å². The van der Waals surface area contributed by atoms with Gasteiger partial charge >= 0.3 is 0 Å². The Labute approximate surface area is 123 Å². The molecule has 2 atom stereocenters. The molecule has 0 amide bonds. The van der Waals surface area contributed by atoms with E-state index in [0.29, 0.717) is 12.1 Å². The molecule has 2 heteroatoms. The van der Waals surface area contributed by atoms with Crippen molar-refractivity contribution >= 4 is 0 Å². The Kier molecular flexibility index (Phi) is 4.74. The number of nitrogens with zero attached hydrogens (tertiary/aromatic N) is 1. The third-order valence-corrected chi connectivity index (χ3v) is 4.93. The monoisotopic (exact) mass is 272 g/mol. The van der Waals surface area contributed by atoms with Gasteiger partial charge in [0.1, 0.15) is 0 Å². The predicted molar refractivity (Wildman–Crippen MR) is 84.8 cm³/mol. The van der Waals surface area contributed by atoms with E-state index in [-0.39, 0.29) is 0 Å². The van der Waals surface area contributed by atoms with Gasteiger partial charge in [-0.25, -0.2) is 0 Å². The lowest BCUT2D eigenvalue weighted by molar-refractivity contribution is 0.125. The van der Waals surface area contributed by atoms with E-state index in [2.05, 4.69) is 47.5 Å². The quantitative estimate of drug-likeness (QED) is 0.851. The SMILES string of the molecule is CCC1CN(CCCC2CC2)C(c2ccccc2)CN1. The Morgan fingerprint density at radius 1 is 1.20 bits per heavy atom. The molecule has 1 heterocycles. The minimum Gasteiger partial charge on any atom is -0.311 e. The summed E-state index contributed by atoms with van der Waals surface area (Å²) in [7, 11) is 0. The summed E-state index contributed by atoms with van der Waals surface area (Å²) in [5.74, 6) is 1.06. The maximum absolute atomic E-state index is 3.72. The molecule has 0 spiro atoms. The van der Waals surface area contributed by atoms with Crippen molar-refractivity contribution in [2.45, 2.75) is 51.1 Å². The van der Waals surface area contributed by atoms with Crippen molar-refractivity contribution in [3.63, 3.8) is 0 Å². The maximum atomic E-state index is 3.72. The Morgan fingerprint density at radius 3 is 2.70 bits per heavy atom. The molecule has 2 fully saturated rings. The van der Waals surface area contributed by atoms with Crippen molar-refractivity contribution < 1.29 is 0 Å². The van der Waals surface area contributed by atoms with Crippen molar-refractivity contribution in [3.05, 3.63) is 35.9 Å². The highest BCUT2D eigenvalue weighted by Crippen LogP contribution is 2.34. The van der Waals surface area contributed by atoms with Gasteiger partial charge in [0.25, 0.3) is 0 Å². The highest BCUT2D eigenvalue weighted by Gasteiger charge is 2.28. The summed E-state index contributed by atoms with van der Waals surface area (Å²) in [5.41, 5.74) is 1.47. The van der Waals surface area contributed by atoms with E-state index < -0.39 is 0 Å². The third-order valence-electron chi connectivity index (χ3n) is 4.93. The van der Waals surface area contributed by atoms with Crippen LogP contribution in [-0.2, 0) is 0 Å². The molecule has 20 heavy (non-hydrogen) atoms. The average Bonchev–Trinajstić information content (AvgIpc) is 3.32. The first-order valence-electron chi connectivity index (χ1n) is 8.39. The molecule has 1 saturated carbocycles. The van der Waals surface area contributed by atoms with Gasteiger partial charge in [0.2, 0.25) is 0 Å². The summed E-state index contributed by atoms with van der Waals surface area (Å²) >= 11 is 0. The Morgan fingerprint density at radius 2 is 2.00 bits per heavy atom. The highest BCUT2D eigenvalue weighted by molar-refractivity contribution is 5.20. The molecule has 0 aromatic heterocycles. The second kappa shape index (κ2) is 6.73. The summed E-state index contributed by atoms with van der Waals surface area (Å²) in [6.07, 6.45) is 7.04. The summed E-state index contributed by atoms with van der Waals surface area (Å²) < 4.78 is 0. The van der Waals surface area contributed by atoms with E-state index in [1.165, 1.54) is 50.8 Å². The molecule has 1 N–H and O–H groups in total. The lowest BCUT2D eigenvalue weighted by atomic mass is 9.99. The van der Waals surface area contributed by atoms with Gasteiger partial charge in [-0.3, -0.25) is 4.90 Å². The van der Waals surface area contributed by atoms with Gasteiger partial charge in [0, 0.05) is 25.2 Å². The number of hydrogen-bond acceptors (Lipinski definition) is 2. The van der Waals surface area contributed by atoms with Crippen LogP contribution in [0.15, 0.2) is 30.3 Å². The van der Waals surface area contributed by atoms with Crippen molar-refractivity contribution in [1.29, 1.82) is 0 Å². The minimum absolute atomic E-state index is 0.568. The van der Waals surface area contributed by atoms with E-state index >= 15 is 0 Å². The average molecular weight is 272 g/mol. The molecular formula is C18H28N2. The topological polar surface area (TPSA) is 15.3 Å². The second-order valence-electron chi connectivity index (χ2n) is 6.52. The zero-order valence-electron chi connectivity index (χ0n) is 12.7. The molecule has 1 aliphatic heterocycles. The smallest absolute Gasteiger partial charge is 0.0473 e. The fourth-order valence-electron chi connectivity index (χ4n) is 3.40. The Hall–Kier alpha value is -0.860. The number of rotatable bonds is 6. The van der Waals surface area contributed by atoms with Gasteiger partial charge in [0.15, 0.2) is 0 Å². The predicted octanol–water partition coefficient (Wildman–Crippen LogP) is 3.60. The fraction of sp³-hybridized carbons (Fsp3) is 0.667. The molecule has 0 radical (unpaired) electrons. The number of nitrogens with one attached hydrogen (secondary N) is 1. The summed E-state index contributed by atoms with van der Waals surface area (Å²) in [6, 6.07) is 12.3. The Bertz CT molecular complexity index is 399. The van der Waals surface area contributed by atoms with Crippen LogP contribution in [0.2, 0.25) is 0 Å². The fourth-order valence-corrected chi connectivity index (χ4v) is 3.40. The van der Waals surface area contributed by atoms with Crippen LogP contribution in [0, 0.1) is 5.92 Å².